The second-order valence-electron chi connectivity index (χ2n) is 4.95. The van der Waals surface area contributed by atoms with Crippen molar-refractivity contribution in [3.63, 3.8) is 0 Å². The summed E-state index contributed by atoms with van der Waals surface area (Å²) in [5, 5.41) is 3.96. The van der Waals surface area contributed by atoms with Gasteiger partial charge in [0.2, 0.25) is 5.91 Å². The van der Waals surface area contributed by atoms with E-state index in [4.69, 9.17) is 17.3 Å². The minimum Gasteiger partial charge on any atom is -0.381 e. The monoisotopic (exact) mass is 282 g/mol. The van der Waals surface area contributed by atoms with Crippen molar-refractivity contribution in [2.75, 3.05) is 5.32 Å². The van der Waals surface area contributed by atoms with Crippen molar-refractivity contribution in [1.29, 1.82) is 0 Å². The number of nitrogens with one attached hydrogen (secondary N) is 1. The van der Waals surface area contributed by atoms with Crippen LogP contribution in [0.15, 0.2) is 18.2 Å². The Morgan fingerprint density at radius 2 is 2.11 bits per heavy atom. The lowest BCUT2D eigenvalue weighted by atomic mass is 10.1. The van der Waals surface area contributed by atoms with Crippen molar-refractivity contribution in [1.82, 2.24) is 0 Å². The summed E-state index contributed by atoms with van der Waals surface area (Å²) in [6.07, 6.45) is 6.09. The third-order valence-electron chi connectivity index (χ3n) is 3.14. The van der Waals surface area contributed by atoms with Gasteiger partial charge in [-0.05, 0) is 31.5 Å². The number of halogens is 1. The summed E-state index contributed by atoms with van der Waals surface area (Å²) in [5.74, 6) is -0.435. The molecule has 0 radical (unpaired) electrons. The molecule has 0 fully saturated rings. The number of carbonyl (C=O) groups is 1. The fourth-order valence-electron chi connectivity index (χ4n) is 2.00. The number of rotatable bonds is 8. The van der Waals surface area contributed by atoms with Crippen LogP contribution >= 0.6 is 11.6 Å². The highest BCUT2D eigenvalue weighted by atomic mass is 35.5. The molecule has 4 heteroatoms. The molecule has 106 valence electrons. The lowest BCUT2D eigenvalue weighted by molar-refractivity contribution is 0.100. The molecule has 0 aromatic heterocycles. The Hall–Kier alpha value is -1.22. The second kappa shape index (κ2) is 8.05. The summed E-state index contributed by atoms with van der Waals surface area (Å²) in [4.78, 5) is 11.1. The third kappa shape index (κ3) is 5.52. The molecule has 0 spiro atoms. The van der Waals surface area contributed by atoms with E-state index in [1.54, 1.807) is 18.2 Å². The van der Waals surface area contributed by atoms with Crippen LogP contribution in [0.5, 0.6) is 0 Å². The quantitative estimate of drug-likeness (QED) is 0.702. The van der Waals surface area contributed by atoms with Crippen LogP contribution in [0.1, 0.15) is 56.3 Å². The van der Waals surface area contributed by atoms with Gasteiger partial charge < -0.3 is 11.1 Å². The van der Waals surface area contributed by atoms with E-state index >= 15 is 0 Å². The van der Waals surface area contributed by atoms with Crippen LogP contribution in [0, 0.1) is 0 Å². The highest BCUT2D eigenvalue weighted by Gasteiger charge is 2.08. The van der Waals surface area contributed by atoms with Gasteiger partial charge >= 0.3 is 0 Å². The van der Waals surface area contributed by atoms with Gasteiger partial charge in [0.1, 0.15) is 0 Å². The van der Waals surface area contributed by atoms with E-state index in [1.165, 1.54) is 25.7 Å². The summed E-state index contributed by atoms with van der Waals surface area (Å²) in [6.45, 7) is 4.33. The van der Waals surface area contributed by atoms with Crippen molar-refractivity contribution in [2.45, 2.75) is 52.0 Å². The molecule has 0 aliphatic rings. The second-order valence-corrected chi connectivity index (χ2v) is 5.36. The Balaban J connectivity index is 2.55. The third-order valence-corrected chi connectivity index (χ3v) is 3.47. The number of carbonyl (C=O) groups excluding carboxylic acids is 1. The Bertz CT molecular complexity index is 421. The number of benzene rings is 1. The molecule has 1 rings (SSSR count). The molecular formula is C15H23ClN2O. The molecule has 3 nitrogen and oxygen atoms in total. The Kier molecular flexibility index (Phi) is 6.71. The summed E-state index contributed by atoms with van der Waals surface area (Å²) < 4.78 is 0. The first kappa shape index (κ1) is 15.8. The number of unbranched alkanes of at least 4 members (excludes halogenated alkanes) is 3. The first-order valence-electron chi connectivity index (χ1n) is 6.90. The minimum atomic E-state index is -0.435. The largest absolute Gasteiger partial charge is 0.381 e. The molecule has 0 bridgehead atoms. The van der Waals surface area contributed by atoms with Gasteiger partial charge in [0.25, 0.3) is 0 Å². The molecule has 1 amide bonds. The standard InChI is InChI=1S/C15H23ClN2O/c1-3-4-5-6-7-11(2)18-14-10-12(15(17)19)8-9-13(14)16/h8-11,18H,3-7H2,1-2H3,(H2,17,19). The molecule has 0 saturated heterocycles. The first-order chi connectivity index (χ1) is 9.04. The Morgan fingerprint density at radius 1 is 1.37 bits per heavy atom. The van der Waals surface area contributed by atoms with Crippen LogP contribution in [0.3, 0.4) is 0 Å². The summed E-state index contributed by atoms with van der Waals surface area (Å²) in [5.41, 5.74) is 6.52. The summed E-state index contributed by atoms with van der Waals surface area (Å²) in [7, 11) is 0. The Labute approximate surface area is 120 Å². The van der Waals surface area contributed by atoms with Gasteiger partial charge in [-0.2, -0.15) is 0 Å². The Morgan fingerprint density at radius 3 is 2.74 bits per heavy atom. The fourth-order valence-corrected chi connectivity index (χ4v) is 2.18. The van der Waals surface area contributed by atoms with Gasteiger partial charge in [-0.1, -0.05) is 44.2 Å². The highest BCUT2D eigenvalue weighted by molar-refractivity contribution is 6.33. The van der Waals surface area contributed by atoms with Gasteiger partial charge in [-0.15, -0.1) is 0 Å². The fraction of sp³-hybridized carbons (Fsp3) is 0.533. The predicted molar refractivity (Wildman–Crippen MR) is 81.8 cm³/mol. The average Bonchev–Trinajstić information content (AvgIpc) is 2.37. The van der Waals surface area contributed by atoms with Crippen molar-refractivity contribution in [2.24, 2.45) is 5.73 Å². The van der Waals surface area contributed by atoms with Gasteiger partial charge in [0.05, 0.1) is 10.7 Å². The average molecular weight is 283 g/mol. The van der Waals surface area contributed by atoms with Crippen LogP contribution in [0.25, 0.3) is 0 Å². The smallest absolute Gasteiger partial charge is 0.248 e. The molecule has 0 aliphatic carbocycles. The number of nitrogens with two attached hydrogens (primary N) is 1. The van der Waals surface area contributed by atoms with Crippen molar-refractivity contribution < 1.29 is 4.79 Å². The lowest BCUT2D eigenvalue weighted by Gasteiger charge is -2.16. The minimum absolute atomic E-state index is 0.331. The van der Waals surface area contributed by atoms with E-state index in [1.807, 2.05) is 0 Å². The van der Waals surface area contributed by atoms with Gasteiger partial charge in [0, 0.05) is 11.6 Å². The number of hydrogen-bond acceptors (Lipinski definition) is 2. The SMILES string of the molecule is CCCCCCC(C)Nc1cc(C(N)=O)ccc1Cl. The van der Waals surface area contributed by atoms with E-state index in [9.17, 15) is 4.79 Å². The van der Waals surface area contributed by atoms with Crippen molar-refractivity contribution >= 4 is 23.2 Å². The van der Waals surface area contributed by atoms with Crippen LogP contribution in [0.4, 0.5) is 5.69 Å². The molecule has 0 heterocycles. The molecule has 1 aromatic carbocycles. The zero-order valence-corrected chi connectivity index (χ0v) is 12.5. The molecule has 1 atom stereocenters. The molecule has 0 saturated carbocycles. The number of amides is 1. The van der Waals surface area contributed by atoms with Crippen LogP contribution < -0.4 is 11.1 Å². The number of hydrogen-bond donors (Lipinski definition) is 2. The van der Waals surface area contributed by atoms with Crippen LogP contribution in [-0.2, 0) is 0 Å². The summed E-state index contributed by atoms with van der Waals surface area (Å²) >= 11 is 6.11. The molecule has 3 N–H and O–H groups in total. The van der Waals surface area contributed by atoms with Crippen molar-refractivity contribution in [3.8, 4) is 0 Å². The molecule has 0 aliphatic heterocycles. The maximum Gasteiger partial charge on any atom is 0.248 e. The maximum absolute atomic E-state index is 11.1. The molecule has 19 heavy (non-hydrogen) atoms. The molecular weight excluding hydrogens is 260 g/mol. The van der Waals surface area contributed by atoms with Crippen LogP contribution in [0.2, 0.25) is 5.02 Å². The predicted octanol–water partition coefficient (Wildman–Crippen LogP) is 4.21. The van der Waals surface area contributed by atoms with E-state index in [0.29, 0.717) is 16.6 Å². The molecule has 1 aromatic rings. The van der Waals surface area contributed by atoms with Gasteiger partial charge in [-0.3, -0.25) is 4.79 Å². The van der Waals surface area contributed by atoms with E-state index in [-0.39, 0.29) is 0 Å². The molecule has 1 unspecified atom stereocenters. The topological polar surface area (TPSA) is 55.1 Å². The normalized spacial score (nSPS) is 12.2. The zero-order valence-electron chi connectivity index (χ0n) is 11.7. The van der Waals surface area contributed by atoms with E-state index < -0.39 is 5.91 Å². The lowest BCUT2D eigenvalue weighted by Crippen LogP contribution is -2.16. The number of primary amides is 1. The van der Waals surface area contributed by atoms with E-state index in [0.717, 1.165) is 12.1 Å². The van der Waals surface area contributed by atoms with Crippen molar-refractivity contribution in [3.05, 3.63) is 28.8 Å². The van der Waals surface area contributed by atoms with Gasteiger partial charge in [-0.25, -0.2) is 0 Å². The summed E-state index contributed by atoms with van der Waals surface area (Å²) in [6, 6.07) is 5.39. The van der Waals surface area contributed by atoms with Gasteiger partial charge in [0.15, 0.2) is 0 Å². The van der Waals surface area contributed by atoms with Crippen LogP contribution in [-0.4, -0.2) is 11.9 Å². The highest BCUT2D eigenvalue weighted by Crippen LogP contribution is 2.24. The maximum atomic E-state index is 11.1. The first-order valence-corrected chi connectivity index (χ1v) is 7.28. The zero-order chi connectivity index (χ0) is 14.3. The van der Waals surface area contributed by atoms with E-state index in [2.05, 4.69) is 19.2 Å². The number of anilines is 1.